The maximum absolute atomic E-state index is 9.47. The van der Waals surface area contributed by atoms with Gasteiger partial charge in [-0.05, 0) is 12.0 Å². The molecule has 0 aliphatic heterocycles. The molecule has 0 spiro atoms. The van der Waals surface area contributed by atoms with Crippen molar-refractivity contribution in [3.8, 4) is 11.3 Å². The minimum Gasteiger partial charge on any atom is -0.390 e. The van der Waals surface area contributed by atoms with Crippen LogP contribution in [0.4, 0.5) is 0 Å². The van der Waals surface area contributed by atoms with Crippen molar-refractivity contribution < 1.29 is 5.11 Å². The van der Waals surface area contributed by atoms with Gasteiger partial charge >= 0.3 is 0 Å². The van der Waals surface area contributed by atoms with Crippen LogP contribution in [-0.4, -0.2) is 32.7 Å². The highest BCUT2D eigenvalue weighted by Crippen LogP contribution is 2.17. The molecule has 102 valence electrons. The van der Waals surface area contributed by atoms with Crippen LogP contribution in [0.1, 0.15) is 18.9 Å². The van der Waals surface area contributed by atoms with Gasteiger partial charge in [0.25, 0.3) is 0 Å². The maximum Gasteiger partial charge on any atom is 0.113 e. The number of aliphatic hydroxyl groups excluding tert-OH is 1. The molecule has 2 aromatic rings. The largest absolute Gasteiger partial charge is 0.390 e. The van der Waals surface area contributed by atoms with Gasteiger partial charge in [-0.3, -0.25) is 0 Å². The molecular weight excluding hydrogens is 240 g/mol. The van der Waals surface area contributed by atoms with E-state index in [9.17, 15) is 5.11 Å². The Kier molecular flexibility index (Phi) is 4.65. The molecule has 1 aromatic carbocycles. The molecule has 0 radical (unpaired) electrons. The summed E-state index contributed by atoms with van der Waals surface area (Å²) in [5.41, 5.74) is 8.55. The van der Waals surface area contributed by atoms with Crippen LogP contribution >= 0.6 is 0 Å². The Balaban J connectivity index is 2.09. The summed E-state index contributed by atoms with van der Waals surface area (Å²) < 4.78 is 1.62. The second kappa shape index (κ2) is 6.45. The number of aromatic nitrogens is 3. The summed E-state index contributed by atoms with van der Waals surface area (Å²) in [4.78, 5) is 0. The number of hydrogen-bond acceptors (Lipinski definition) is 4. The summed E-state index contributed by atoms with van der Waals surface area (Å²) >= 11 is 0. The van der Waals surface area contributed by atoms with E-state index in [2.05, 4.69) is 41.5 Å². The molecule has 5 nitrogen and oxygen atoms in total. The summed E-state index contributed by atoms with van der Waals surface area (Å²) in [5, 5.41) is 17.6. The topological polar surface area (TPSA) is 77.0 Å². The molecule has 5 heteroatoms. The van der Waals surface area contributed by atoms with Gasteiger partial charge in [0, 0.05) is 12.1 Å². The minimum absolute atomic E-state index is 0.223. The van der Waals surface area contributed by atoms with Crippen molar-refractivity contribution in [3.63, 3.8) is 0 Å². The van der Waals surface area contributed by atoms with Crippen LogP contribution in [0, 0.1) is 0 Å². The lowest BCUT2D eigenvalue weighted by molar-refractivity contribution is 0.156. The van der Waals surface area contributed by atoms with Gasteiger partial charge in [-0.25, -0.2) is 4.68 Å². The fourth-order valence-electron chi connectivity index (χ4n) is 1.94. The molecule has 1 atom stereocenters. The first-order valence-corrected chi connectivity index (χ1v) is 6.60. The Hall–Kier alpha value is -1.72. The summed E-state index contributed by atoms with van der Waals surface area (Å²) in [7, 11) is 0. The first kappa shape index (κ1) is 13.7. The van der Waals surface area contributed by atoms with Gasteiger partial charge in [0.15, 0.2) is 0 Å². The average Bonchev–Trinajstić information content (AvgIpc) is 2.88. The predicted octanol–water partition coefficient (Wildman–Crippen LogP) is 1.22. The Labute approximate surface area is 113 Å². The van der Waals surface area contributed by atoms with Crippen LogP contribution in [0.3, 0.4) is 0 Å². The molecule has 0 bridgehead atoms. The van der Waals surface area contributed by atoms with Gasteiger partial charge in [0.1, 0.15) is 5.69 Å². The number of aryl methyl sites for hydroxylation is 1. The van der Waals surface area contributed by atoms with E-state index in [0.29, 0.717) is 6.54 Å². The smallest absolute Gasteiger partial charge is 0.113 e. The fraction of sp³-hybridized carbons (Fsp3) is 0.429. The molecule has 0 saturated carbocycles. The summed E-state index contributed by atoms with van der Waals surface area (Å²) in [6.07, 6.45) is 3.48. The van der Waals surface area contributed by atoms with Crippen LogP contribution in [0.5, 0.6) is 0 Å². The van der Waals surface area contributed by atoms with Crippen LogP contribution in [-0.2, 0) is 13.0 Å². The molecular formula is C14H20N4O. The Morgan fingerprint density at radius 3 is 2.68 bits per heavy atom. The van der Waals surface area contributed by atoms with Gasteiger partial charge in [-0.2, -0.15) is 0 Å². The maximum atomic E-state index is 9.47. The lowest BCUT2D eigenvalue weighted by atomic mass is 10.1. The van der Waals surface area contributed by atoms with Crippen molar-refractivity contribution in [2.45, 2.75) is 32.4 Å². The van der Waals surface area contributed by atoms with Gasteiger partial charge < -0.3 is 10.8 Å². The first-order valence-electron chi connectivity index (χ1n) is 6.60. The normalized spacial score (nSPS) is 12.6. The first-order chi connectivity index (χ1) is 9.22. The molecule has 0 aliphatic rings. The number of nitrogens with two attached hydrogens (primary N) is 1. The van der Waals surface area contributed by atoms with Crippen LogP contribution in [0.15, 0.2) is 30.5 Å². The molecule has 3 N–H and O–H groups in total. The number of aliphatic hydroxyl groups is 1. The minimum atomic E-state index is -0.582. The Morgan fingerprint density at radius 1 is 1.32 bits per heavy atom. The third-order valence-electron chi connectivity index (χ3n) is 3.00. The number of rotatable bonds is 6. The molecule has 19 heavy (non-hydrogen) atoms. The van der Waals surface area contributed by atoms with Crippen molar-refractivity contribution in [2.75, 3.05) is 6.54 Å². The van der Waals surface area contributed by atoms with E-state index in [4.69, 9.17) is 5.73 Å². The van der Waals surface area contributed by atoms with Crippen LogP contribution < -0.4 is 5.73 Å². The highest BCUT2D eigenvalue weighted by Gasteiger charge is 2.07. The van der Waals surface area contributed by atoms with E-state index in [-0.39, 0.29) is 6.54 Å². The van der Waals surface area contributed by atoms with Crippen molar-refractivity contribution in [1.82, 2.24) is 15.0 Å². The van der Waals surface area contributed by atoms with Crippen molar-refractivity contribution in [3.05, 3.63) is 36.0 Å². The van der Waals surface area contributed by atoms with Gasteiger partial charge in [0.2, 0.25) is 0 Å². The zero-order valence-corrected chi connectivity index (χ0v) is 11.2. The van der Waals surface area contributed by atoms with Crippen LogP contribution in [0.25, 0.3) is 11.3 Å². The molecule has 2 rings (SSSR count). The van der Waals surface area contributed by atoms with E-state index < -0.39 is 6.10 Å². The number of hydrogen-bond donors (Lipinski definition) is 2. The highest BCUT2D eigenvalue weighted by atomic mass is 16.3. The van der Waals surface area contributed by atoms with Gasteiger partial charge in [-0.1, -0.05) is 42.8 Å². The predicted molar refractivity (Wildman–Crippen MR) is 74.5 cm³/mol. The quantitative estimate of drug-likeness (QED) is 0.818. The molecule has 1 aromatic heterocycles. The lowest BCUT2D eigenvalue weighted by Crippen LogP contribution is -2.25. The third-order valence-corrected chi connectivity index (χ3v) is 3.00. The monoisotopic (exact) mass is 260 g/mol. The second-order valence-electron chi connectivity index (χ2n) is 4.66. The molecule has 0 aliphatic carbocycles. The zero-order chi connectivity index (χ0) is 13.7. The molecule has 0 fully saturated rings. The van der Waals surface area contributed by atoms with Crippen molar-refractivity contribution in [1.29, 1.82) is 0 Å². The standard InChI is InChI=1S/C14H20N4O/c1-2-3-11-4-6-12(7-5-11)14-10-18(17-16-14)9-13(19)8-15/h4-7,10,13,19H,2-3,8-9,15H2,1H3. The summed E-state index contributed by atoms with van der Waals surface area (Å²) in [5.74, 6) is 0. The number of benzene rings is 1. The Morgan fingerprint density at radius 2 is 2.05 bits per heavy atom. The Bertz CT molecular complexity index is 506. The summed E-state index contributed by atoms with van der Waals surface area (Å²) in [6, 6.07) is 8.34. The lowest BCUT2D eigenvalue weighted by Gasteiger charge is -2.05. The molecule has 1 heterocycles. The second-order valence-corrected chi connectivity index (χ2v) is 4.66. The highest BCUT2D eigenvalue weighted by molar-refractivity contribution is 5.57. The fourth-order valence-corrected chi connectivity index (χ4v) is 1.94. The SMILES string of the molecule is CCCc1ccc(-c2cn(CC(O)CN)nn2)cc1. The molecule has 1 unspecified atom stereocenters. The summed E-state index contributed by atoms with van der Waals surface area (Å²) in [6.45, 7) is 2.76. The van der Waals surface area contributed by atoms with E-state index in [1.807, 2.05) is 6.20 Å². The van der Waals surface area contributed by atoms with E-state index >= 15 is 0 Å². The van der Waals surface area contributed by atoms with Gasteiger partial charge in [-0.15, -0.1) is 5.10 Å². The number of nitrogens with zero attached hydrogens (tertiary/aromatic N) is 3. The average molecular weight is 260 g/mol. The van der Waals surface area contributed by atoms with Crippen LogP contribution in [0.2, 0.25) is 0 Å². The van der Waals surface area contributed by atoms with E-state index in [0.717, 1.165) is 24.1 Å². The van der Waals surface area contributed by atoms with Crippen molar-refractivity contribution in [2.24, 2.45) is 5.73 Å². The third kappa shape index (κ3) is 3.62. The molecule has 0 saturated heterocycles. The van der Waals surface area contributed by atoms with Gasteiger partial charge in [0.05, 0.1) is 18.8 Å². The molecule has 0 amide bonds. The van der Waals surface area contributed by atoms with E-state index in [1.165, 1.54) is 5.56 Å². The zero-order valence-electron chi connectivity index (χ0n) is 11.2. The van der Waals surface area contributed by atoms with Crippen molar-refractivity contribution >= 4 is 0 Å². The van der Waals surface area contributed by atoms with E-state index in [1.54, 1.807) is 4.68 Å².